The number of hydrogen-bond acceptors (Lipinski definition) is 3. The zero-order chi connectivity index (χ0) is 6.04. The predicted molar refractivity (Wildman–Crippen MR) is 34.9 cm³/mol. The molecule has 1 fully saturated rings. The molecule has 4 heteroatoms. The van der Waals surface area contributed by atoms with Gasteiger partial charge in [-0.05, 0) is 0 Å². The van der Waals surface area contributed by atoms with Gasteiger partial charge in [-0.1, -0.05) is 0 Å². The van der Waals surface area contributed by atoms with Crippen LogP contribution in [0.5, 0.6) is 0 Å². The van der Waals surface area contributed by atoms with Crippen LogP contribution in [0.25, 0.3) is 0 Å². The van der Waals surface area contributed by atoms with Gasteiger partial charge in [-0.25, -0.2) is 0 Å². The lowest BCUT2D eigenvalue weighted by Crippen LogP contribution is -2.30. The van der Waals surface area contributed by atoms with E-state index in [1.54, 1.807) is 0 Å². The third-order valence-corrected chi connectivity index (χ3v) is 2.58. The van der Waals surface area contributed by atoms with Gasteiger partial charge in [0.1, 0.15) is 0 Å². The average molecular weight is 136 g/mol. The van der Waals surface area contributed by atoms with E-state index >= 15 is 0 Å². The van der Waals surface area contributed by atoms with Crippen LogP contribution in [0, 0.1) is 5.75 Å². The molecule has 0 aromatic heterocycles. The maximum Gasteiger partial charge on any atom is 0.0823 e. The van der Waals surface area contributed by atoms with E-state index in [-0.39, 0.29) is 0 Å². The molecule has 8 heavy (non-hydrogen) atoms. The Morgan fingerprint density at radius 2 is 2.25 bits per heavy atom. The Morgan fingerprint density at radius 1 is 1.50 bits per heavy atom. The standard InChI is InChI=1S/C4H10NO2S/c6-8(7)3-1-5-2-4-8/h3,5-7H,1-2,4H2. The molecule has 1 aliphatic heterocycles. The Kier molecular flexibility index (Phi) is 1.77. The summed E-state index contributed by atoms with van der Waals surface area (Å²) in [6, 6.07) is 0. The SMILES string of the molecule is OS1(O)[CH]CNCC1. The van der Waals surface area contributed by atoms with Crippen molar-refractivity contribution >= 4 is 10.6 Å². The van der Waals surface area contributed by atoms with Crippen molar-refractivity contribution in [2.45, 2.75) is 0 Å². The summed E-state index contributed by atoms with van der Waals surface area (Å²) in [5, 5.41) is 2.99. The first-order valence-corrected chi connectivity index (χ1v) is 4.28. The summed E-state index contributed by atoms with van der Waals surface area (Å²) in [6.45, 7) is 1.35. The summed E-state index contributed by atoms with van der Waals surface area (Å²) in [5.74, 6) is 2.02. The molecular weight excluding hydrogens is 126 g/mol. The summed E-state index contributed by atoms with van der Waals surface area (Å²) in [7, 11) is -2.27. The first-order valence-electron chi connectivity index (χ1n) is 2.50. The molecule has 0 saturated carbocycles. The van der Waals surface area contributed by atoms with Gasteiger partial charge in [0.2, 0.25) is 0 Å². The van der Waals surface area contributed by atoms with Crippen LogP contribution in [0.3, 0.4) is 0 Å². The molecule has 3 N–H and O–H groups in total. The van der Waals surface area contributed by atoms with E-state index in [1.807, 2.05) is 0 Å². The number of hydrogen-bond donors (Lipinski definition) is 3. The summed E-state index contributed by atoms with van der Waals surface area (Å²) < 4.78 is 17.8. The Morgan fingerprint density at radius 3 is 2.50 bits per heavy atom. The molecule has 1 saturated heterocycles. The lowest BCUT2D eigenvalue weighted by Gasteiger charge is -2.35. The monoisotopic (exact) mass is 136 g/mol. The summed E-state index contributed by atoms with van der Waals surface area (Å²) in [5.41, 5.74) is 0. The fourth-order valence-corrected chi connectivity index (χ4v) is 1.60. The van der Waals surface area contributed by atoms with Gasteiger partial charge in [-0.15, -0.1) is 0 Å². The lowest BCUT2D eigenvalue weighted by atomic mass is 10.6. The van der Waals surface area contributed by atoms with Crippen molar-refractivity contribution in [1.29, 1.82) is 0 Å². The molecule has 49 valence electrons. The van der Waals surface area contributed by atoms with Gasteiger partial charge in [0.15, 0.2) is 0 Å². The highest BCUT2D eigenvalue weighted by molar-refractivity contribution is 8.26. The second-order valence-electron chi connectivity index (χ2n) is 1.79. The third kappa shape index (κ3) is 1.63. The Bertz CT molecular complexity index is 78.1. The van der Waals surface area contributed by atoms with Gasteiger partial charge in [-0.3, -0.25) is 9.11 Å². The van der Waals surface area contributed by atoms with Crippen molar-refractivity contribution in [3.05, 3.63) is 5.75 Å². The van der Waals surface area contributed by atoms with Crippen LogP contribution in [0.1, 0.15) is 0 Å². The maximum atomic E-state index is 8.92. The summed E-state index contributed by atoms with van der Waals surface area (Å²) in [6.07, 6.45) is 0. The molecule has 0 amide bonds. The van der Waals surface area contributed by atoms with Crippen molar-refractivity contribution < 1.29 is 9.11 Å². The van der Waals surface area contributed by atoms with E-state index in [2.05, 4.69) is 5.32 Å². The minimum atomic E-state index is -2.27. The van der Waals surface area contributed by atoms with Crippen molar-refractivity contribution in [1.82, 2.24) is 5.32 Å². The molecule has 1 heterocycles. The van der Waals surface area contributed by atoms with Crippen LogP contribution in [0.2, 0.25) is 0 Å². The third-order valence-electron chi connectivity index (χ3n) is 1.07. The zero-order valence-electron chi connectivity index (χ0n) is 4.50. The molecule has 0 unspecified atom stereocenters. The van der Waals surface area contributed by atoms with Crippen LogP contribution in [-0.2, 0) is 0 Å². The minimum Gasteiger partial charge on any atom is -0.313 e. The molecule has 0 spiro atoms. The van der Waals surface area contributed by atoms with Crippen LogP contribution in [0.4, 0.5) is 0 Å². The van der Waals surface area contributed by atoms with Crippen molar-refractivity contribution in [2.24, 2.45) is 0 Å². The van der Waals surface area contributed by atoms with Gasteiger partial charge >= 0.3 is 0 Å². The fraction of sp³-hybridized carbons (Fsp3) is 0.750. The van der Waals surface area contributed by atoms with E-state index in [9.17, 15) is 0 Å². The van der Waals surface area contributed by atoms with Crippen LogP contribution in [0.15, 0.2) is 0 Å². The number of nitrogens with one attached hydrogen (secondary N) is 1. The van der Waals surface area contributed by atoms with Gasteiger partial charge in [0, 0.05) is 13.1 Å². The first-order chi connectivity index (χ1) is 3.71. The Labute approximate surface area is 50.4 Å². The molecule has 0 aromatic carbocycles. The molecule has 0 bridgehead atoms. The molecule has 0 aromatic rings. The molecule has 1 aliphatic rings. The highest BCUT2D eigenvalue weighted by atomic mass is 32.3. The van der Waals surface area contributed by atoms with Gasteiger partial charge < -0.3 is 5.32 Å². The summed E-state index contributed by atoms with van der Waals surface area (Å²) in [4.78, 5) is 0. The molecular formula is C4H10NO2S. The zero-order valence-corrected chi connectivity index (χ0v) is 5.32. The Hall–Kier alpha value is 0.230. The van der Waals surface area contributed by atoms with Gasteiger partial charge in [0.05, 0.1) is 11.5 Å². The van der Waals surface area contributed by atoms with Crippen LogP contribution < -0.4 is 5.32 Å². The van der Waals surface area contributed by atoms with Crippen LogP contribution >= 0.6 is 10.6 Å². The van der Waals surface area contributed by atoms with Crippen molar-refractivity contribution in [3.8, 4) is 0 Å². The minimum absolute atomic E-state index is 0.479. The average Bonchev–Trinajstić information content (AvgIpc) is 1.65. The van der Waals surface area contributed by atoms with Crippen molar-refractivity contribution in [2.75, 3.05) is 18.8 Å². The smallest absolute Gasteiger partial charge is 0.0823 e. The molecule has 1 rings (SSSR count). The fourth-order valence-electron chi connectivity index (χ4n) is 0.600. The highest BCUT2D eigenvalue weighted by Gasteiger charge is 2.15. The molecule has 0 atom stereocenters. The van der Waals surface area contributed by atoms with E-state index in [4.69, 9.17) is 9.11 Å². The molecule has 0 aliphatic carbocycles. The summed E-state index contributed by atoms with van der Waals surface area (Å²) >= 11 is 0. The molecule has 3 nitrogen and oxygen atoms in total. The Balaban J connectivity index is 2.33. The maximum absolute atomic E-state index is 8.92. The number of rotatable bonds is 0. The van der Waals surface area contributed by atoms with Gasteiger partial charge in [-0.2, -0.15) is 10.6 Å². The lowest BCUT2D eigenvalue weighted by molar-refractivity contribution is 0.483. The quantitative estimate of drug-likeness (QED) is 0.454. The van der Waals surface area contributed by atoms with Gasteiger partial charge in [0.25, 0.3) is 0 Å². The van der Waals surface area contributed by atoms with E-state index in [1.165, 1.54) is 5.75 Å². The highest BCUT2D eigenvalue weighted by Crippen LogP contribution is 2.41. The van der Waals surface area contributed by atoms with E-state index in [0.717, 1.165) is 6.54 Å². The largest absolute Gasteiger partial charge is 0.313 e. The normalized spacial score (nSPS) is 31.8. The predicted octanol–water partition coefficient (Wildman–Crippen LogP) is 0.502. The van der Waals surface area contributed by atoms with Crippen molar-refractivity contribution in [3.63, 3.8) is 0 Å². The second-order valence-corrected chi connectivity index (χ2v) is 3.97. The molecule has 1 radical (unpaired) electrons. The first kappa shape index (κ1) is 6.35. The van der Waals surface area contributed by atoms with E-state index < -0.39 is 10.6 Å². The second kappa shape index (κ2) is 2.23. The van der Waals surface area contributed by atoms with Crippen LogP contribution in [-0.4, -0.2) is 27.9 Å². The van der Waals surface area contributed by atoms with E-state index in [0.29, 0.717) is 12.3 Å². The topological polar surface area (TPSA) is 52.5 Å².